The van der Waals surface area contributed by atoms with Crippen LogP contribution < -0.4 is 15.4 Å². The highest BCUT2D eigenvalue weighted by Crippen LogP contribution is 2.28. The van der Waals surface area contributed by atoms with Crippen molar-refractivity contribution >= 4 is 48.4 Å². The van der Waals surface area contributed by atoms with E-state index < -0.39 is 10.0 Å². The minimum Gasteiger partial charge on any atom is -0.338 e. The normalized spacial score (nSPS) is 11.3. The minimum absolute atomic E-state index is 0.268. The topological polar surface area (TPSA) is 100 Å². The number of aromatic nitrogens is 1. The maximum Gasteiger partial charge on any atom is 0.319 e. The van der Waals surface area contributed by atoms with Crippen molar-refractivity contribution in [3.05, 3.63) is 18.2 Å². The molecule has 0 bridgehead atoms. The molecule has 2 amide bonds. The van der Waals surface area contributed by atoms with Crippen LogP contribution in [-0.4, -0.2) is 32.2 Å². The number of hydrogen-bond acceptors (Lipinski definition) is 5. The van der Waals surface area contributed by atoms with Gasteiger partial charge in [0.15, 0.2) is 5.13 Å². The predicted octanol–water partition coefficient (Wildman–Crippen LogP) is 2.20. The number of anilines is 2. The molecular weight excluding hydrogens is 312 g/mol. The predicted molar refractivity (Wildman–Crippen MR) is 85.4 cm³/mol. The molecule has 0 fully saturated rings. The lowest BCUT2D eigenvalue weighted by Gasteiger charge is -2.06. The summed E-state index contributed by atoms with van der Waals surface area (Å²) in [5.74, 6) is 0. The van der Waals surface area contributed by atoms with Gasteiger partial charge in [0.2, 0.25) is 10.0 Å². The van der Waals surface area contributed by atoms with Gasteiger partial charge in [-0.15, -0.1) is 0 Å². The smallest absolute Gasteiger partial charge is 0.319 e. The molecule has 1 aromatic carbocycles. The number of benzene rings is 1. The summed E-state index contributed by atoms with van der Waals surface area (Å²) in [7, 11) is -3.35. The van der Waals surface area contributed by atoms with Gasteiger partial charge in [-0.3, -0.25) is 4.72 Å². The Labute approximate surface area is 126 Å². The molecule has 0 saturated carbocycles. The first-order valence-corrected chi connectivity index (χ1v) is 9.01. The van der Waals surface area contributed by atoms with E-state index in [0.29, 0.717) is 22.9 Å². The molecule has 0 atom stereocenters. The average molecular weight is 328 g/mol. The van der Waals surface area contributed by atoms with Crippen LogP contribution in [0.15, 0.2) is 18.2 Å². The van der Waals surface area contributed by atoms with Gasteiger partial charge < -0.3 is 10.6 Å². The molecule has 0 radical (unpaired) electrons. The van der Waals surface area contributed by atoms with Gasteiger partial charge in [0.05, 0.1) is 16.5 Å². The summed E-state index contributed by atoms with van der Waals surface area (Å²) >= 11 is 1.21. The highest BCUT2D eigenvalue weighted by molar-refractivity contribution is 7.92. The number of urea groups is 1. The molecule has 0 aliphatic heterocycles. The molecule has 0 spiro atoms. The Morgan fingerprint density at radius 2 is 2.14 bits per heavy atom. The van der Waals surface area contributed by atoms with Crippen molar-refractivity contribution in [3.63, 3.8) is 0 Å². The Balaban J connectivity index is 2.16. The Hall–Kier alpha value is -1.87. The largest absolute Gasteiger partial charge is 0.338 e. The monoisotopic (exact) mass is 328 g/mol. The van der Waals surface area contributed by atoms with Gasteiger partial charge in [0, 0.05) is 12.2 Å². The highest BCUT2D eigenvalue weighted by Gasteiger charge is 2.09. The third-order valence-electron chi connectivity index (χ3n) is 2.45. The number of carbonyl (C=O) groups excluding carboxylic acids is 1. The van der Waals surface area contributed by atoms with Gasteiger partial charge in [-0.05, 0) is 24.6 Å². The SMILES string of the molecule is CCCNC(=O)Nc1ccc2nc(NS(C)(=O)=O)sc2c1. The number of nitrogens with one attached hydrogen (secondary N) is 3. The van der Waals surface area contributed by atoms with Crippen molar-refractivity contribution in [2.75, 3.05) is 22.8 Å². The lowest BCUT2D eigenvalue weighted by molar-refractivity contribution is 0.252. The van der Waals surface area contributed by atoms with Gasteiger partial charge in [0.25, 0.3) is 0 Å². The fraction of sp³-hybridized carbons (Fsp3) is 0.333. The standard InChI is InChI=1S/C12H16N4O3S2/c1-3-6-13-11(17)14-8-4-5-9-10(7-8)20-12(15-9)16-21(2,18)19/h4-5,7H,3,6H2,1-2H3,(H,15,16)(H2,13,14,17). The fourth-order valence-corrected chi connectivity index (χ4v) is 3.36. The van der Waals surface area contributed by atoms with Crippen LogP contribution in [0, 0.1) is 0 Å². The zero-order valence-electron chi connectivity index (χ0n) is 11.6. The van der Waals surface area contributed by atoms with Crippen molar-refractivity contribution in [3.8, 4) is 0 Å². The van der Waals surface area contributed by atoms with E-state index in [4.69, 9.17) is 0 Å². The van der Waals surface area contributed by atoms with Gasteiger partial charge >= 0.3 is 6.03 Å². The van der Waals surface area contributed by atoms with Crippen LogP contribution in [0.25, 0.3) is 10.2 Å². The summed E-state index contributed by atoms with van der Waals surface area (Å²) in [5.41, 5.74) is 1.30. The van der Waals surface area contributed by atoms with Crippen LogP contribution in [0.4, 0.5) is 15.6 Å². The zero-order valence-corrected chi connectivity index (χ0v) is 13.3. The quantitative estimate of drug-likeness (QED) is 0.783. The number of hydrogen-bond donors (Lipinski definition) is 3. The number of thiazole rings is 1. The van der Waals surface area contributed by atoms with Crippen LogP contribution in [0.3, 0.4) is 0 Å². The maximum atomic E-state index is 11.6. The first kappa shape index (κ1) is 15.5. The lowest BCUT2D eigenvalue weighted by atomic mass is 10.3. The van der Waals surface area contributed by atoms with Crippen LogP contribution in [0.5, 0.6) is 0 Å². The maximum absolute atomic E-state index is 11.6. The Bertz CT molecular complexity index is 755. The number of carbonyl (C=O) groups is 1. The summed E-state index contributed by atoms with van der Waals surface area (Å²) in [4.78, 5) is 15.7. The molecule has 3 N–H and O–H groups in total. The van der Waals surface area contributed by atoms with E-state index >= 15 is 0 Å². The van der Waals surface area contributed by atoms with E-state index in [-0.39, 0.29) is 6.03 Å². The van der Waals surface area contributed by atoms with Crippen LogP contribution in [-0.2, 0) is 10.0 Å². The van der Waals surface area contributed by atoms with E-state index in [1.807, 2.05) is 6.92 Å². The number of sulfonamides is 1. The third kappa shape index (κ3) is 4.57. The summed E-state index contributed by atoms with van der Waals surface area (Å²) in [6.45, 7) is 2.58. The van der Waals surface area contributed by atoms with Crippen molar-refractivity contribution in [2.24, 2.45) is 0 Å². The summed E-state index contributed by atoms with van der Waals surface area (Å²) in [6.07, 6.45) is 1.94. The second-order valence-electron chi connectivity index (χ2n) is 4.46. The van der Waals surface area contributed by atoms with Crippen LogP contribution >= 0.6 is 11.3 Å². The van der Waals surface area contributed by atoms with E-state index in [9.17, 15) is 13.2 Å². The second kappa shape index (κ2) is 6.27. The molecule has 0 saturated heterocycles. The molecule has 1 heterocycles. The number of fused-ring (bicyclic) bond motifs is 1. The average Bonchev–Trinajstić information content (AvgIpc) is 2.75. The van der Waals surface area contributed by atoms with E-state index in [2.05, 4.69) is 20.3 Å². The minimum atomic E-state index is -3.35. The first-order valence-electron chi connectivity index (χ1n) is 6.30. The Morgan fingerprint density at radius 1 is 1.38 bits per heavy atom. The Morgan fingerprint density at radius 3 is 2.81 bits per heavy atom. The lowest BCUT2D eigenvalue weighted by Crippen LogP contribution is -2.29. The summed E-state index contributed by atoms with van der Waals surface area (Å²) in [6, 6.07) is 4.94. The van der Waals surface area contributed by atoms with Crippen molar-refractivity contribution in [1.82, 2.24) is 10.3 Å². The molecule has 2 rings (SSSR count). The van der Waals surface area contributed by atoms with Crippen molar-refractivity contribution in [2.45, 2.75) is 13.3 Å². The molecule has 114 valence electrons. The van der Waals surface area contributed by atoms with Crippen LogP contribution in [0.2, 0.25) is 0 Å². The molecule has 0 aliphatic rings. The third-order valence-corrected chi connectivity index (χ3v) is 4.08. The molecule has 0 aliphatic carbocycles. The van der Waals surface area contributed by atoms with Gasteiger partial charge in [-0.1, -0.05) is 18.3 Å². The number of rotatable bonds is 5. The summed E-state index contributed by atoms with van der Waals surface area (Å²) < 4.78 is 25.5. The van der Waals surface area contributed by atoms with Crippen molar-refractivity contribution < 1.29 is 13.2 Å². The first-order chi connectivity index (χ1) is 9.87. The fourth-order valence-electron chi connectivity index (χ4n) is 1.62. The second-order valence-corrected chi connectivity index (χ2v) is 7.24. The molecule has 7 nitrogen and oxygen atoms in total. The van der Waals surface area contributed by atoms with Gasteiger partial charge in [-0.25, -0.2) is 18.2 Å². The molecule has 21 heavy (non-hydrogen) atoms. The zero-order chi connectivity index (χ0) is 15.5. The van der Waals surface area contributed by atoms with Gasteiger partial charge in [-0.2, -0.15) is 0 Å². The van der Waals surface area contributed by atoms with E-state index in [1.54, 1.807) is 18.2 Å². The highest BCUT2D eigenvalue weighted by atomic mass is 32.2. The van der Waals surface area contributed by atoms with Gasteiger partial charge in [0.1, 0.15) is 0 Å². The Kier molecular flexibility index (Phi) is 4.63. The molecule has 0 unspecified atom stereocenters. The molecule has 9 heteroatoms. The molecular formula is C12H16N4O3S2. The molecule has 1 aromatic heterocycles. The number of nitrogens with zero attached hydrogens (tertiary/aromatic N) is 1. The van der Waals surface area contributed by atoms with E-state index in [0.717, 1.165) is 17.4 Å². The molecule has 2 aromatic rings. The summed E-state index contributed by atoms with van der Waals surface area (Å²) in [5, 5.41) is 5.73. The van der Waals surface area contributed by atoms with E-state index in [1.165, 1.54) is 11.3 Å². The number of amides is 2. The van der Waals surface area contributed by atoms with Crippen LogP contribution in [0.1, 0.15) is 13.3 Å². The van der Waals surface area contributed by atoms with Crippen molar-refractivity contribution in [1.29, 1.82) is 0 Å².